The number of aliphatic hydroxyl groups excluding tert-OH is 1. The van der Waals surface area contributed by atoms with Gasteiger partial charge in [-0.05, 0) is 55.7 Å². The number of primary amides is 1. The van der Waals surface area contributed by atoms with Crippen molar-refractivity contribution >= 4 is 33.5 Å². The van der Waals surface area contributed by atoms with Crippen molar-refractivity contribution in [1.29, 1.82) is 0 Å². The minimum atomic E-state index is -3.72. The molecule has 2 saturated carbocycles. The Morgan fingerprint density at radius 3 is 2.52 bits per heavy atom. The van der Waals surface area contributed by atoms with Gasteiger partial charge in [-0.25, -0.2) is 4.98 Å². The summed E-state index contributed by atoms with van der Waals surface area (Å²) in [5.41, 5.74) is 6.54. The molecular weight excluding hydrogens is 422 g/mol. The van der Waals surface area contributed by atoms with Gasteiger partial charge in [-0.1, -0.05) is 0 Å². The number of hydrogen-bond acceptors (Lipinski definition) is 9. The second-order valence-corrected chi connectivity index (χ2v) is 9.63. The highest BCUT2D eigenvalue weighted by Gasteiger charge is 2.42. The van der Waals surface area contributed by atoms with Gasteiger partial charge in [0.05, 0.1) is 18.4 Å². The molecule has 0 atom stereocenters. The third kappa shape index (κ3) is 5.42. The summed E-state index contributed by atoms with van der Waals surface area (Å²) in [7, 11) is -3.72. The first-order valence-electron chi connectivity index (χ1n) is 10.1. The Kier molecular flexibility index (Phi) is 5.71. The molecule has 0 unspecified atom stereocenters. The van der Waals surface area contributed by atoms with E-state index < -0.39 is 22.6 Å². The first kappa shape index (κ1) is 21.3. The number of anilines is 3. The highest BCUT2D eigenvalue weighted by atomic mass is 32.2. The van der Waals surface area contributed by atoms with Gasteiger partial charge in [0.2, 0.25) is 5.95 Å². The van der Waals surface area contributed by atoms with Crippen LogP contribution in [0.1, 0.15) is 41.6 Å². The lowest BCUT2D eigenvalue weighted by molar-refractivity contribution is 0.100. The number of carbonyl (C=O) groups is 1. The maximum absolute atomic E-state index is 11.9. The monoisotopic (exact) mass is 447 g/mol. The van der Waals surface area contributed by atoms with Crippen molar-refractivity contribution in [3.05, 3.63) is 35.5 Å². The second kappa shape index (κ2) is 8.31. The van der Waals surface area contributed by atoms with Gasteiger partial charge in [-0.2, -0.15) is 13.4 Å². The fourth-order valence-corrected chi connectivity index (χ4v) is 4.06. The fourth-order valence-electron chi connectivity index (χ4n) is 3.58. The zero-order valence-corrected chi connectivity index (χ0v) is 17.9. The quantitative estimate of drug-likeness (QED) is 0.398. The number of amides is 1. The normalized spacial score (nSPS) is 16.2. The summed E-state index contributed by atoms with van der Waals surface area (Å²) in [4.78, 5) is 20.5. The van der Waals surface area contributed by atoms with Crippen LogP contribution in [-0.4, -0.2) is 41.7 Å². The van der Waals surface area contributed by atoms with Gasteiger partial charge in [-0.15, -0.1) is 0 Å². The smallest absolute Gasteiger partial charge is 0.306 e. The lowest BCUT2D eigenvalue weighted by Crippen LogP contribution is -2.27. The SMILES string of the molecule is CS(=O)(=O)Oc1ccc(Nc2ncc(C(N)=O)c(NC(C3CC3)C3CC3)n2)cc1CO. The third-order valence-electron chi connectivity index (χ3n) is 5.35. The molecule has 31 heavy (non-hydrogen) atoms. The number of hydrogen-bond donors (Lipinski definition) is 4. The topological polar surface area (TPSA) is 157 Å². The van der Waals surface area contributed by atoms with E-state index in [2.05, 4.69) is 20.6 Å². The minimum Gasteiger partial charge on any atom is -0.392 e. The molecule has 5 N–H and O–H groups in total. The largest absolute Gasteiger partial charge is 0.392 e. The molecule has 10 nitrogen and oxygen atoms in total. The number of benzene rings is 1. The van der Waals surface area contributed by atoms with Gasteiger partial charge in [0.1, 0.15) is 11.6 Å². The molecule has 0 radical (unpaired) electrons. The van der Waals surface area contributed by atoms with E-state index in [0.717, 1.165) is 6.26 Å². The van der Waals surface area contributed by atoms with E-state index in [0.29, 0.717) is 23.3 Å². The first-order chi connectivity index (χ1) is 14.7. The number of nitrogens with zero attached hydrogens (tertiary/aromatic N) is 2. The Morgan fingerprint density at radius 2 is 1.97 bits per heavy atom. The Morgan fingerprint density at radius 1 is 1.29 bits per heavy atom. The van der Waals surface area contributed by atoms with E-state index in [9.17, 15) is 18.3 Å². The molecule has 2 fully saturated rings. The van der Waals surface area contributed by atoms with Crippen molar-refractivity contribution < 1.29 is 22.5 Å². The number of carbonyl (C=O) groups excluding carboxylic acids is 1. The van der Waals surface area contributed by atoms with E-state index in [1.165, 1.54) is 44.0 Å². The highest BCUT2D eigenvalue weighted by molar-refractivity contribution is 7.86. The standard InChI is InChI=1S/C20H25N5O5S/c1-31(28,29)30-16-7-6-14(8-13(16)10-26)23-20-22-9-15(18(21)27)19(25-20)24-17(11-2-3-11)12-4-5-12/h6-9,11-12,17,26H,2-5,10H2,1H3,(H2,21,27)(H2,22,23,24,25). The number of rotatable bonds is 10. The van der Waals surface area contributed by atoms with Gasteiger partial charge in [0.15, 0.2) is 0 Å². The minimum absolute atomic E-state index is 0.0413. The molecule has 1 aromatic heterocycles. The molecule has 1 amide bonds. The molecule has 0 spiro atoms. The number of nitrogens with two attached hydrogens (primary N) is 1. The van der Waals surface area contributed by atoms with Gasteiger partial charge in [0, 0.05) is 23.5 Å². The summed E-state index contributed by atoms with van der Waals surface area (Å²) < 4.78 is 27.6. The zero-order chi connectivity index (χ0) is 22.2. The van der Waals surface area contributed by atoms with Crippen LogP contribution in [0.3, 0.4) is 0 Å². The predicted octanol–water partition coefficient (Wildman–Crippen LogP) is 1.75. The Hall–Kier alpha value is -2.92. The summed E-state index contributed by atoms with van der Waals surface area (Å²) in [5.74, 6) is 1.25. The Bertz CT molecular complexity index is 1090. The van der Waals surface area contributed by atoms with E-state index in [-0.39, 0.29) is 28.9 Å². The number of aliphatic hydroxyl groups is 1. The van der Waals surface area contributed by atoms with Crippen molar-refractivity contribution in [3.63, 3.8) is 0 Å². The van der Waals surface area contributed by atoms with Crippen LogP contribution in [0.15, 0.2) is 24.4 Å². The lowest BCUT2D eigenvalue weighted by atomic mass is 10.1. The predicted molar refractivity (Wildman–Crippen MR) is 115 cm³/mol. The lowest BCUT2D eigenvalue weighted by Gasteiger charge is -2.20. The van der Waals surface area contributed by atoms with E-state index in [1.54, 1.807) is 6.07 Å². The van der Waals surface area contributed by atoms with E-state index in [1.807, 2.05) is 0 Å². The molecule has 11 heteroatoms. The van der Waals surface area contributed by atoms with Gasteiger partial charge in [0.25, 0.3) is 5.91 Å². The molecule has 0 bridgehead atoms. The average molecular weight is 448 g/mol. The van der Waals surface area contributed by atoms with Gasteiger partial charge < -0.3 is 25.7 Å². The summed E-state index contributed by atoms with van der Waals surface area (Å²) in [6, 6.07) is 4.82. The average Bonchev–Trinajstić information content (AvgIpc) is 3.60. The van der Waals surface area contributed by atoms with Crippen molar-refractivity contribution in [1.82, 2.24) is 9.97 Å². The summed E-state index contributed by atoms with van der Waals surface area (Å²) in [6.07, 6.45) is 6.98. The van der Waals surface area contributed by atoms with Crippen LogP contribution in [0.2, 0.25) is 0 Å². The fraction of sp³-hybridized carbons (Fsp3) is 0.450. The molecule has 166 valence electrons. The Balaban J connectivity index is 1.57. The molecule has 0 saturated heterocycles. The van der Waals surface area contributed by atoms with Crippen molar-refractivity contribution in [2.75, 3.05) is 16.9 Å². The summed E-state index contributed by atoms with van der Waals surface area (Å²) in [5, 5.41) is 16.0. The summed E-state index contributed by atoms with van der Waals surface area (Å²) >= 11 is 0. The van der Waals surface area contributed by atoms with Crippen molar-refractivity contribution in [3.8, 4) is 5.75 Å². The zero-order valence-electron chi connectivity index (χ0n) is 17.0. The molecule has 1 heterocycles. The van der Waals surface area contributed by atoms with Crippen LogP contribution in [0, 0.1) is 11.8 Å². The Labute approximate surface area is 180 Å². The van der Waals surface area contributed by atoms with Crippen LogP contribution in [0.4, 0.5) is 17.5 Å². The first-order valence-corrected chi connectivity index (χ1v) is 11.9. The summed E-state index contributed by atoms with van der Waals surface area (Å²) in [6.45, 7) is -0.418. The van der Waals surface area contributed by atoms with Crippen LogP contribution in [-0.2, 0) is 16.7 Å². The molecule has 4 rings (SSSR count). The number of nitrogens with one attached hydrogen (secondary N) is 2. The van der Waals surface area contributed by atoms with E-state index in [4.69, 9.17) is 9.92 Å². The van der Waals surface area contributed by atoms with Crippen LogP contribution >= 0.6 is 0 Å². The van der Waals surface area contributed by atoms with Gasteiger partial charge in [-0.3, -0.25) is 4.79 Å². The molecule has 0 aliphatic heterocycles. The molecule has 2 aliphatic rings. The van der Waals surface area contributed by atoms with E-state index >= 15 is 0 Å². The molecule has 2 aliphatic carbocycles. The highest BCUT2D eigenvalue weighted by Crippen LogP contribution is 2.46. The van der Waals surface area contributed by atoms with Crippen LogP contribution in [0.5, 0.6) is 5.75 Å². The maximum atomic E-state index is 11.9. The van der Waals surface area contributed by atoms with Crippen molar-refractivity contribution in [2.24, 2.45) is 17.6 Å². The van der Waals surface area contributed by atoms with Crippen LogP contribution in [0.25, 0.3) is 0 Å². The molecule has 2 aromatic rings. The number of aromatic nitrogens is 2. The third-order valence-corrected chi connectivity index (χ3v) is 5.83. The second-order valence-electron chi connectivity index (χ2n) is 8.06. The van der Waals surface area contributed by atoms with Crippen molar-refractivity contribution in [2.45, 2.75) is 38.3 Å². The van der Waals surface area contributed by atoms with Gasteiger partial charge >= 0.3 is 10.1 Å². The molecular formula is C20H25N5O5S. The molecule has 1 aromatic carbocycles. The maximum Gasteiger partial charge on any atom is 0.306 e. The van der Waals surface area contributed by atoms with Crippen LogP contribution < -0.4 is 20.6 Å².